The predicted molar refractivity (Wildman–Crippen MR) is 91.5 cm³/mol. The van der Waals surface area contributed by atoms with Crippen LogP contribution < -0.4 is 5.32 Å². The van der Waals surface area contributed by atoms with Gasteiger partial charge in [0, 0.05) is 6.42 Å². The lowest BCUT2D eigenvalue weighted by Crippen LogP contribution is -2.10. The third kappa shape index (κ3) is 7.11. The number of fused-ring (bicyclic) bond motifs is 1. The molecule has 116 valence electrons. The van der Waals surface area contributed by atoms with Gasteiger partial charge in [-0.25, -0.2) is 0 Å². The number of hydrogen-bond donors (Lipinski definition) is 3. The second-order valence-corrected chi connectivity index (χ2v) is 4.47. The van der Waals surface area contributed by atoms with Crippen molar-refractivity contribution >= 4 is 33.7 Å². The number of carbonyl (C=O) groups is 1. The first-order chi connectivity index (χ1) is 9.56. The van der Waals surface area contributed by atoms with Crippen LogP contribution in [0.15, 0.2) is 36.4 Å². The molecule has 0 bridgehead atoms. The van der Waals surface area contributed by atoms with Crippen molar-refractivity contribution < 1.29 is 15.0 Å². The van der Waals surface area contributed by atoms with Crippen LogP contribution >= 0.6 is 17.0 Å². The fourth-order valence-corrected chi connectivity index (χ4v) is 1.71. The van der Waals surface area contributed by atoms with Crippen LogP contribution in [0.25, 0.3) is 10.8 Å². The molecule has 0 unspecified atom stereocenters. The van der Waals surface area contributed by atoms with Gasteiger partial charge in [0.05, 0.1) is 0 Å². The second-order valence-electron chi connectivity index (χ2n) is 4.47. The molecule has 0 aromatic heterocycles. The highest BCUT2D eigenvalue weighted by molar-refractivity contribution is 8.93. The van der Waals surface area contributed by atoms with Crippen molar-refractivity contribution in [3.63, 3.8) is 0 Å². The summed E-state index contributed by atoms with van der Waals surface area (Å²) in [5, 5.41) is 22.5. The van der Waals surface area contributed by atoms with Crippen LogP contribution in [-0.2, 0) is 11.2 Å². The largest absolute Gasteiger partial charge is 0.508 e. The minimum absolute atomic E-state index is 0. The van der Waals surface area contributed by atoms with Crippen LogP contribution in [0.5, 0.6) is 5.75 Å². The van der Waals surface area contributed by atoms with Gasteiger partial charge in [-0.2, -0.15) is 0 Å². The normalized spacial score (nSPS) is 9.43. The monoisotopic (exact) mass is 355 g/mol. The zero-order valence-electron chi connectivity index (χ0n) is 12.3. The summed E-state index contributed by atoms with van der Waals surface area (Å²) in [6, 6.07) is 11.8. The van der Waals surface area contributed by atoms with Crippen LogP contribution in [0.3, 0.4) is 0 Å². The van der Waals surface area contributed by atoms with Gasteiger partial charge in [-0.1, -0.05) is 31.2 Å². The molecule has 2 aromatic carbocycles. The average molecular weight is 356 g/mol. The number of carboxylic acid groups (broad SMARTS) is 1. The highest BCUT2D eigenvalue weighted by Gasteiger charge is 1.97. The number of phenolic OH excluding ortho intramolecular Hbond substituents is 1. The topological polar surface area (TPSA) is 69.6 Å². The van der Waals surface area contributed by atoms with E-state index in [2.05, 4.69) is 23.5 Å². The summed E-state index contributed by atoms with van der Waals surface area (Å²) < 4.78 is 0. The first-order valence-corrected chi connectivity index (χ1v) is 6.65. The van der Waals surface area contributed by atoms with Crippen LogP contribution in [0.2, 0.25) is 0 Å². The molecule has 0 radical (unpaired) electrons. The van der Waals surface area contributed by atoms with Gasteiger partial charge in [0.25, 0.3) is 0 Å². The molecule has 0 aliphatic heterocycles. The number of benzene rings is 2. The molecule has 0 heterocycles. The van der Waals surface area contributed by atoms with Crippen LogP contribution in [0.4, 0.5) is 0 Å². The Kier molecular flexibility index (Phi) is 9.41. The van der Waals surface area contributed by atoms with E-state index in [4.69, 9.17) is 5.11 Å². The number of aromatic hydroxyl groups is 1. The van der Waals surface area contributed by atoms with E-state index in [0.29, 0.717) is 5.75 Å². The molecule has 5 heteroatoms. The SMILES string of the molecule is Br.CCC(=O)O.CNCCc1ccc2cc(O)ccc2c1. The predicted octanol–water partition coefficient (Wildman–Crippen LogP) is 3.37. The number of rotatable bonds is 4. The Bertz CT molecular complexity index is 572. The van der Waals surface area contributed by atoms with Crippen LogP contribution in [0, 0.1) is 0 Å². The van der Waals surface area contributed by atoms with Gasteiger partial charge in [-0.05, 0) is 48.5 Å². The molecule has 3 N–H and O–H groups in total. The summed E-state index contributed by atoms with van der Waals surface area (Å²) in [6.45, 7) is 2.59. The summed E-state index contributed by atoms with van der Waals surface area (Å²) in [4.78, 5) is 9.37. The Morgan fingerprint density at radius 2 is 1.71 bits per heavy atom. The van der Waals surface area contributed by atoms with Crippen molar-refractivity contribution in [3.8, 4) is 5.75 Å². The van der Waals surface area contributed by atoms with Gasteiger partial charge < -0.3 is 15.5 Å². The second kappa shape index (κ2) is 10.2. The maximum Gasteiger partial charge on any atom is 0.303 e. The quantitative estimate of drug-likeness (QED) is 0.786. The number of halogens is 1. The molecule has 0 atom stereocenters. The fraction of sp³-hybridized carbons (Fsp3) is 0.312. The van der Waals surface area contributed by atoms with E-state index in [1.165, 1.54) is 10.9 Å². The molecule has 0 aliphatic carbocycles. The molecular weight excluding hydrogens is 334 g/mol. The molecule has 0 amide bonds. The van der Waals surface area contributed by atoms with E-state index in [1.54, 1.807) is 19.1 Å². The van der Waals surface area contributed by atoms with Crippen LogP contribution in [-0.4, -0.2) is 29.8 Å². The molecule has 2 aromatic rings. The smallest absolute Gasteiger partial charge is 0.303 e. The number of nitrogens with one attached hydrogen (secondary N) is 1. The summed E-state index contributed by atoms with van der Waals surface area (Å²) >= 11 is 0. The molecule has 21 heavy (non-hydrogen) atoms. The Morgan fingerprint density at radius 3 is 2.29 bits per heavy atom. The number of hydrogen-bond acceptors (Lipinski definition) is 3. The Morgan fingerprint density at radius 1 is 1.14 bits per heavy atom. The van der Waals surface area contributed by atoms with Gasteiger partial charge in [-0.15, -0.1) is 17.0 Å². The lowest BCUT2D eigenvalue weighted by molar-refractivity contribution is -0.136. The minimum atomic E-state index is -0.745. The minimum Gasteiger partial charge on any atom is -0.508 e. The highest BCUT2D eigenvalue weighted by atomic mass is 79.9. The molecule has 0 aliphatic rings. The molecule has 4 nitrogen and oxygen atoms in total. The van der Waals surface area contributed by atoms with Gasteiger partial charge in [0.15, 0.2) is 0 Å². The van der Waals surface area contributed by atoms with Crippen molar-refractivity contribution in [3.05, 3.63) is 42.0 Å². The van der Waals surface area contributed by atoms with E-state index >= 15 is 0 Å². The van der Waals surface area contributed by atoms with Gasteiger partial charge in [0.2, 0.25) is 0 Å². The summed E-state index contributed by atoms with van der Waals surface area (Å²) in [7, 11) is 1.96. The van der Waals surface area contributed by atoms with E-state index in [9.17, 15) is 9.90 Å². The third-order valence-electron chi connectivity index (χ3n) is 2.85. The van der Waals surface area contributed by atoms with Gasteiger partial charge >= 0.3 is 5.97 Å². The lowest BCUT2D eigenvalue weighted by Gasteiger charge is -2.03. The van der Waals surface area contributed by atoms with E-state index in [-0.39, 0.29) is 23.4 Å². The molecule has 0 saturated heterocycles. The molecule has 0 saturated carbocycles. The van der Waals surface area contributed by atoms with E-state index in [1.807, 2.05) is 13.1 Å². The molecular formula is C16H22BrNO3. The Labute approximate surface area is 135 Å². The van der Waals surface area contributed by atoms with Crippen molar-refractivity contribution in [2.75, 3.05) is 13.6 Å². The Balaban J connectivity index is 0.000000583. The number of carboxylic acids is 1. The van der Waals surface area contributed by atoms with Crippen molar-refractivity contribution in [2.24, 2.45) is 0 Å². The summed E-state index contributed by atoms with van der Waals surface area (Å²) in [6.07, 6.45) is 1.26. The van der Waals surface area contributed by atoms with Crippen molar-refractivity contribution in [1.29, 1.82) is 0 Å². The molecule has 0 fully saturated rings. The summed E-state index contributed by atoms with van der Waals surface area (Å²) in [5.74, 6) is -0.421. The van der Waals surface area contributed by atoms with Crippen LogP contribution in [0.1, 0.15) is 18.9 Å². The van der Waals surface area contributed by atoms with E-state index in [0.717, 1.165) is 18.4 Å². The average Bonchev–Trinajstić information content (AvgIpc) is 2.45. The fourth-order valence-electron chi connectivity index (χ4n) is 1.71. The maximum absolute atomic E-state index is 9.37. The third-order valence-corrected chi connectivity index (χ3v) is 2.85. The lowest BCUT2D eigenvalue weighted by atomic mass is 10.0. The highest BCUT2D eigenvalue weighted by Crippen LogP contribution is 2.21. The number of likely N-dealkylation sites (N-methyl/N-ethyl adjacent to an activating group) is 1. The first-order valence-electron chi connectivity index (χ1n) is 6.65. The van der Waals surface area contributed by atoms with E-state index < -0.39 is 5.97 Å². The zero-order valence-corrected chi connectivity index (χ0v) is 14.0. The standard InChI is InChI=1S/C13H15NO.C3H6O2.BrH/c1-14-7-6-10-2-3-12-9-13(15)5-4-11(12)8-10;1-2-3(4)5;/h2-5,8-9,14-15H,6-7H2,1H3;2H2,1H3,(H,4,5);1H. The van der Waals surface area contributed by atoms with Gasteiger partial charge in [0.1, 0.15) is 5.75 Å². The zero-order chi connectivity index (χ0) is 15.0. The van der Waals surface area contributed by atoms with Crippen molar-refractivity contribution in [2.45, 2.75) is 19.8 Å². The maximum atomic E-state index is 9.37. The van der Waals surface area contributed by atoms with Gasteiger partial charge in [-0.3, -0.25) is 4.79 Å². The molecule has 0 spiro atoms. The number of aliphatic carboxylic acids is 1. The Hall–Kier alpha value is -1.59. The summed E-state index contributed by atoms with van der Waals surface area (Å²) in [5.41, 5.74) is 1.32. The number of phenols is 1. The molecule has 2 rings (SSSR count). The first kappa shape index (κ1) is 19.4. The van der Waals surface area contributed by atoms with Crippen molar-refractivity contribution in [1.82, 2.24) is 5.32 Å².